The minimum Gasteiger partial charge on any atom is -0.497 e. The molecule has 1 aliphatic heterocycles. The molecule has 0 bridgehead atoms. The number of carbonyl (C=O) groups is 2. The van der Waals surface area contributed by atoms with Gasteiger partial charge in [-0.15, -0.1) is 0 Å². The molecule has 0 N–H and O–H groups in total. The molecular weight excluding hydrogens is 326 g/mol. The summed E-state index contributed by atoms with van der Waals surface area (Å²) in [6, 6.07) is 20.4. The topological polar surface area (TPSA) is 46.6 Å². The van der Waals surface area contributed by atoms with Crippen LogP contribution in [0.1, 0.15) is 23.2 Å². The average Bonchev–Trinajstić information content (AvgIpc) is 3.08. The molecule has 1 aliphatic rings. The number of ether oxygens (including phenoxy) is 1. The molecule has 1 unspecified atom stereocenters. The molecule has 3 aromatic rings. The van der Waals surface area contributed by atoms with Crippen molar-refractivity contribution in [2.24, 2.45) is 0 Å². The number of benzene rings is 3. The van der Waals surface area contributed by atoms with Crippen LogP contribution in [0.5, 0.6) is 5.75 Å². The van der Waals surface area contributed by atoms with Crippen molar-refractivity contribution in [1.29, 1.82) is 0 Å². The Balaban J connectivity index is 1.72. The fraction of sp³-hybridized carbons (Fsp3) is 0.182. The molecule has 0 spiro atoms. The summed E-state index contributed by atoms with van der Waals surface area (Å²) in [4.78, 5) is 27.4. The molecule has 0 aliphatic carbocycles. The molecule has 4 rings (SSSR count). The van der Waals surface area contributed by atoms with Crippen molar-refractivity contribution in [1.82, 2.24) is 0 Å². The van der Waals surface area contributed by atoms with Gasteiger partial charge in [0.25, 0.3) is 0 Å². The van der Waals surface area contributed by atoms with Crippen molar-refractivity contribution in [2.75, 3.05) is 12.0 Å². The monoisotopic (exact) mass is 345 g/mol. The van der Waals surface area contributed by atoms with Gasteiger partial charge in [-0.3, -0.25) is 9.59 Å². The van der Waals surface area contributed by atoms with Crippen LogP contribution in [-0.4, -0.2) is 24.8 Å². The zero-order chi connectivity index (χ0) is 18.1. The van der Waals surface area contributed by atoms with Crippen molar-refractivity contribution in [2.45, 2.75) is 18.9 Å². The second-order valence-corrected chi connectivity index (χ2v) is 6.41. The van der Waals surface area contributed by atoms with Gasteiger partial charge < -0.3 is 9.64 Å². The summed E-state index contributed by atoms with van der Waals surface area (Å²) in [6.07, 6.45) is 0.917. The standard InChI is InChI=1S/C22H19NO3/c1-26-17-11-9-16(10-12-17)23-20(13-14-21(23)24)22(25)19-8-4-6-15-5-2-3-7-18(15)19/h2-12,20H,13-14H2,1H3. The fourth-order valence-corrected chi connectivity index (χ4v) is 3.62. The normalized spacial score (nSPS) is 16.9. The van der Waals surface area contributed by atoms with Crippen LogP contribution in [0.2, 0.25) is 0 Å². The third-order valence-electron chi connectivity index (χ3n) is 4.92. The van der Waals surface area contributed by atoms with E-state index in [0.29, 0.717) is 18.4 Å². The number of nitrogens with zero attached hydrogens (tertiary/aromatic N) is 1. The smallest absolute Gasteiger partial charge is 0.227 e. The van der Waals surface area contributed by atoms with E-state index in [2.05, 4.69) is 0 Å². The van der Waals surface area contributed by atoms with Crippen molar-refractivity contribution in [3.05, 3.63) is 72.3 Å². The third-order valence-corrected chi connectivity index (χ3v) is 4.92. The lowest BCUT2D eigenvalue weighted by Gasteiger charge is -2.24. The van der Waals surface area contributed by atoms with Crippen LogP contribution >= 0.6 is 0 Å². The molecule has 1 amide bonds. The maximum atomic E-state index is 13.3. The molecule has 0 aromatic heterocycles. The van der Waals surface area contributed by atoms with Crippen molar-refractivity contribution >= 4 is 28.2 Å². The van der Waals surface area contributed by atoms with E-state index >= 15 is 0 Å². The lowest BCUT2D eigenvalue weighted by atomic mass is 9.96. The molecule has 26 heavy (non-hydrogen) atoms. The molecule has 4 heteroatoms. The first kappa shape index (κ1) is 16.3. The SMILES string of the molecule is COc1ccc(N2C(=O)CCC2C(=O)c2cccc3ccccc23)cc1. The van der Waals surface area contributed by atoms with Gasteiger partial charge in [0.05, 0.1) is 7.11 Å². The molecule has 1 saturated heterocycles. The number of fused-ring (bicyclic) bond motifs is 1. The Morgan fingerprint density at radius 3 is 2.50 bits per heavy atom. The maximum Gasteiger partial charge on any atom is 0.227 e. The Bertz CT molecular complexity index is 973. The molecule has 0 saturated carbocycles. The Morgan fingerprint density at radius 1 is 1.00 bits per heavy atom. The molecule has 0 radical (unpaired) electrons. The molecule has 1 fully saturated rings. The van der Waals surface area contributed by atoms with E-state index < -0.39 is 6.04 Å². The zero-order valence-corrected chi connectivity index (χ0v) is 14.5. The van der Waals surface area contributed by atoms with Crippen LogP contribution < -0.4 is 9.64 Å². The van der Waals surface area contributed by atoms with E-state index in [1.54, 1.807) is 24.1 Å². The first-order valence-corrected chi connectivity index (χ1v) is 8.67. The van der Waals surface area contributed by atoms with Gasteiger partial charge in [-0.05, 0) is 41.5 Å². The number of rotatable bonds is 4. The van der Waals surface area contributed by atoms with Gasteiger partial charge in [0.1, 0.15) is 11.8 Å². The van der Waals surface area contributed by atoms with Crippen LogP contribution in [0.15, 0.2) is 66.7 Å². The summed E-state index contributed by atoms with van der Waals surface area (Å²) in [5.74, 6) is 0.689. The van der Waals surface area contributed by atoms with Crippen LogP contribution in [-0.2, 0) is 4.79 Å². The van der Waals surface area contributed by atoms with Crippen molar-refractivity contribution < 1.29 is 14.3 Å². The van der Waals surface area contributed by atoms with Crippen molar-refractivity contribution in [3.8, 4) is 5.75 Å². The largest absolute Gasteiger partial charge is 0.497 e. The minimum absolute atomic E-state index is 0.0107. The van der Waals surface area contributed by atoms with E-state index in [1.807, 2.05) is 54.6 Å². The molecular formula is C22H19NO3. The second-order valence-electron chi connectivity index (χ2n) is 6.41. The van der Waals surface area contributed by atoms with E-state index in [9.17, 15) is 9.59 Å². The lowest BCUT2D eigenvalue weighted by Crippen LogP contribution is -2.38. The Hall–Kier alpha value is -3.14. The highest BCUT2D eigenvalue weighted by molar-refractivity contribution is 6.15. The number of hydrogen-bond donors (Lipinski definition) is 0. The van der Waals surface area contributed by atoms with Crippen LogP contribution in [0, 0.1) is 0 Å². The van der Waals surface area contributed by atoms with Gasteiger partial charge >= 0.3 is 0 Å². The molecule has 4 nitrogen and oxygen atoms in total. The van der Waals surface area contributed by atoms with Gasteiger partial charge in [-0.25, -0.2) is 0 Å². The number of methoxy groups -OCH3 is 1. The number of Topliss-reactive ketones (excluding diaryl/α,β-unsaturated/α-hetero) is 1. The van der Waals surface area contributed by atoms with Gasteiger partial charge in [-0.2, -0.15) is 0 Å². The van der Waals surface area contributed by atoms with E-state index in [-0.39, 0.29) is 11.7 Å². The highest BCUT2D eigenvalue weighted by atomic mass is 16.5. The summed E-state index contributed by atoms with van der Waals surface area (Å²) >= 11 is 0. The molecule has 1 heterocycles. The van der Waals surface area contributed by atoms with Gasteiger partial charge in [0, 0.05) is 17.7 Å². The highest BCUT2D eigenvalue weighted by Crippen LogP contribution is 2.31. The zero-order valence-electron chi connectivity index (χ0n) is 14.5. The predicted molar refractivity (Wildman–Crippen MR) is 102 cm³/mol. The summed E-state index contributed by atoms with van der Waals surface area (Å²) in [7, 11) is 1.60. The number of anilines is 1. The van der Waals surface area contributed by atoms with Gasteiger partial charge in [0.2, 0.25) is 5.91 Å². The number of ketones is 1. The summed E-state index contributed by atoms with van der Waals surface area (Å²) < 4.78 is 5.18. The number of amides is 1. The molecule has 130 valence electrons. The molecule has 3 aromatic carbocycles. The summed E-state index contributed by atoms with van der Waals surface area (Å²) in [6.45, 7) is 0. The van der Waals surface area contributed by atoms with E-state index in [1.165, 1.54) is 0 Å². The van der Waals surface area contributed by atoms with Crippen LogP contribution in [0.3, 0.4) is 0 Å². The van der Waals surface area contributed by atoms with Gasteiger partial charge in [-0.1, -0.05) is 42.5 Å². The Kier molecular flexibility index (Phi) is 4.17. The van der Waals surface area contributed by atoms with E-state index in [0.717, 1.165) is 22.2 Å². The minimum atomic E-state index is -0.471. The highest BCUT2D eigenvalue weighted by Gasteiger charge is 2.37. The third kappa shape index (κ3) is 2.73. The maximum absolute atomic E-state index is 13.3. The number of hydrogen-bond acceptors (Lipinski definition) is 3. The van der Waals surface area contributed by atoms with Crippen LogP contribution in [0.25, 0.3) is 10.8 Å². The fourth-order valence-electron chi connectivity index (χ4n) is 3.62. The quantitative estimate of drug-likeness (QED) is 0.665. The van der Waals surface area contributed by atoms with E-state index in [4.69, 9.17) is 4.74 Å². The Morgan fingerprint density at radius 2 is 1.73 bits per heavy atom. The van der Waals surface area contributed by atoms with Gasteiger partial charge in [0.15, 0.2) is 5.78 Å². The Labute approximate surface area is 152 Å². The van der Waals surface area contributed by atoms with Crippen molar-refractivity contribution in [3.63, 3.8) is 0 Å². The summed E-state index contributed by atoms with van der Waals surface area (Å²) in [5, 5.41) is 1.95. The average molecular weight is 345 g/mol. The summed E-state index contributed by atoms with van der Waals surface area (Å²) in [5.41, 5.74) is 1.40. The lowest BCUT2D eigenvalue weighted by molar-refractivity contribution is -0.117. The number of carbonyl (C=O) groups excluding carboxylic acids is 2. The first-order chi connectivity index (χ1) is 12.7. The molecule has 1 atom stereocenters. The van der Waals surface area contributed by atoms with Crippen LogP contribution in [0.4, 0.5) is 5.69 Å². The second kappa shape index (κ2) is 6.64. The predicted octanol–water partition coefficient (Wildman–Crippen LogP) is 4.23. The first-order valence-electron chi connectivity index (χ1n) is 8.67.